The number of pyridine rings is 1. The van der Waals surface area contributed by atoms with Crippen molar-refractivity contribution in [2.45, 2.75) is 51.5 Å². The second-order valence-corrected chi connectivity index (χ2v) is 9.24. The fourth-order valence-electron chi connectivity index (χ4n) is 5.11. The smallest absolute Gasteiger partial charge is 0.121 e. The molecule has 6 nitrogen and oxygen atoms in total. The molecule has 1 aliphatic carbocycles. The van der Waals surface area contributed by atoms with E-state index in [1.807, 2.05) is 42.6 Å². The predicted octanol–water partition coefficient (Wildman–Crippen LogP) is 4.81. The number of hydrogen-bond donors (Lipinski definition) is 3. The van der Waals surface area contributed by atoms with Gasteiger partial charge in [-0.15, -0.1) is 6.58 Å². The number of benzene rings is 2. The van der Waals surface area contributed by atoms with Crippen molar-refractivity contribution < 1.29 is 5.11 Å². The molecule has 0 saturated heterocycles. The van der Waals surface area contributed by atoms with E-state index < -0.39 is 0 Å². The molecule has 0 saturated carbocycles. The van der Waals surface area contributed by atoms with Crippen molar-refractivity contribution >= 4 is 11.0 Å². The summed E-state index contributed by atoms with van der Waals surface area (Å²) in [7, 11) is 0. The molecule has 0 bridgehead atoms. The number of aliphatic hydroxyl groups is 1. The molecule has 4 aromatic rings. The Hall–Kier alpha value is -3.32. The molecular weight excluding hydrogens is 434 g/mol. The SMILES string of the molecule is C=CCNCc1cc(CO)ccc1CN(Cc1nc2ccccc2[nH]1)C1CCCc2cccnc21. The van der Waals surface area contributed by atoms with E-state index >= 15 is 0 Å². The van der Waals surface area contributed by atoms with Crippen molar-refractivity contribution in [2.75, 3.05) is 6.54 Å². The minimum absolute atomic E-state index is 0.0390. The maximum atomic E-state index is 9.72. The molecule has 1 atom stereocenters. The van der Waals surface area contributed by atoms with E-state index in [4.69, 9.17) is 9.97 Å². The maximum absolute atomic E-state index is 9.72. The normalized spacial score (nSPS) is 15.4. The summed E-state index contributed by atoms with van der Waals surface area (Å²) >= 11 is 0. The third kappa shape index (κ3) is 5.35. The summed E-state index contributed by atoms with van der Waals surface area (Å²) in [5, 5.41) is 13.1. The monoisotopic (exact) mass is 467 g/mol. The Morgan fingerprint density at radius 2 is 2.03 bits per heavy atom. The number of aryl methyl sites for hydroxylation is 1. The first-order valence-electron chi connectivity index (χ1n) is 12.4. The van der Waals surface area contributed by atoms with Crippen LogP contribution in [0.3, 0.4) is 0 Å². The third-order valence-corrected chi connectivity index (χ3v) is 6.83. The number of rotatable bonds is 10. The Morgan fingerprint density at radius 3 is 2.89 bits per heavy atom. The molecule has 2 aromatic heterocycles. The van der Waals surface area contributed by atoms with Gasteiger partial charge in [-0.2, -0.15) is 0 Å². The minimum Gasteiger partial charge on any atom is -0.392 e. The number of nitrogens with one attached hydrogen (secondary N) is 2. The molecule has 180 valence electrons. The molecular formula is C29H33N5O. The third-order valence-electron chi connectivity index (χ3n) is 6.83. The van der Waals surface area contributed by atoms with E-state index in [-0.39, 0.29) is 12.6 Å². The summed E-state index contributed by atoms with van der Waals surface area (Å²) < 4.78 is 0. The fraction of sp³-hybridized carbons (Fsp3) is 0.310. The van der Waals surface area contributed by atoms with Crippen LogP contribution in [0.1, 0.15) is 52.7 Å². The average Bonchev–Trinajstić information content (AvgIpc) is 3.31. The number of H-pyrrole nitrogens is 1. The number of aliphatic hydroxyl groups excluding tert-OH is 1. The average molecular weight is 468 g/mol. The molecule has 35 heavy (non-hydrogen) atoms. The first-order valence-corrected chi connectivity index (χ1v) is 12.4. The van der Waals surface area contributed by atoms with Gasteiger partial charge in [0, 0.05) is 25.8 Å². The summed E-state index contributed by atoms with van der Waals surface area (Å²) in [6, 6.07) is 19.0. The standard InChI is InChI=1S/C29H33N5O/c1-2-14-30-17-24-16-21(20-35)12-13-23(24)18-34(19-28-32-25-9-3-4-10-26(25)33-28)27-11-5-7-22-8-6-15-31-29(22)27/h2-4,6,8-10,12-13,15-16,27,30,35H,1,5,7,11,14,17-20H2,(H,32,33). The van der Waals surface area contributed by atoms with Gasteiger partial charge < -0.3 is 15.4 Å². The van der Waals surface area contributed by atoms with Crippen molar-refractivity contribution in [2.24, 2.45) is 0 Å². The van der Waals surface area contributed by atoms with E-state index in [1.165, 1.54) is 22.4 Å². The fourth-order valence-corrected chi connectivity index (χ4v) is 5.11. The summed E-state index contributed by atoms with van der Waals surface area (Å²) in [4.78, 5) is 15.7. The van der Waals surface area contributed by atoms with Gasteiger partial charge in [0.15, 0.2) is 0 Å². The first-order chi connectivity index (χ1) is 17.2. The van der Waals surface area contributed by atoms with Crippen LogP contribution in [0, 0.1) is 0 Å². The molecule has 0 spiro atoms. The highest BCUT2D eigenvalue weighted by Gasteiger charge is 2.28. The zero-order chi connectivity index (χ0) is 24.0. The highest BCUT2D eigenvalue weighted by atomic mass is 16.3. The van der Waals surface area contributed by atoms with Crippen LogP contribution in [0.25, 0.3) is 11.0 Å². The van der Waals surface area contributed by atoms with Crippen molar-refractivity contribution in [3.8, 4) is 0 Å². The van der Waals surface area contributed by atoms with E-state index in [0.29, 0.717) is 6.54 Å². The molecule has 5 rings (SSSR count). The van der Waals surface area contributed by atoms with Crippen LogP contribution >= 0.6 is 0 Å². The lowest BCUT2D eigenvalue weighted by Gasteiger charge is -2.35. The Morgan fingerprint density at radius 1 is 1.11 bits per heavy atom. The van der Waals surface area contributed by atoms with Crippen LogP contribution in [0.4, 0.5) is 0 Å². The van der Waals surface area contributed by atoms with E-state index in [1.54, 1.807) is 0 Å². The van der Waals surface area contributed by atoms with Crippen LogP contribution in [0.2, 0.25) is 0 Å². The van der Waals surface area contributed by atoms with Crippen molar-refractivity contribution in [3.63, 3.8) is 0 Å². The topological polar surface area (TPSA) is 77.1 Å². The van der Waals surface area contributed by atoms with Gasteiger partial charge in [0.2, 0.25) is 0 Å². The number of aromatic amines is 1. The summed E-state index contributed by atoms with van der Waals surface area (Å²) in [6.07, 6.45) is 7.09. The highest BCUT2D eigenvalue weighted by molar-refractivity contribution is 5.74. The lowest BCUT2D eigenvalue weighted by molar-refractivity contribution is 0.153. The van der Waals surface area contributed by atoms with Gasteiger partial charge >= 0.3 is 0 Å². The molecule has 0 amide bonds. The molecule has 3 N–H and O–H groups in total. The lowest BCUT2D eigenvalue weighted by atomic mass is 9.90. The van der Waals surface area contributed by atoms with Crippen LogP contribution in [0.5, 0.6) is 0 Å². The van der Waals surface area contributed by atoms with Crippen molar-refractivity contribution in [1.29, 1.82) is 0 Å². The van der Waals surface area contributed by atoms with Gasteiger partial charge in [-0.25, -0.2) is 4.98 Å². The predicted molar refractivity (Wildman–Crippen MR) is 140 cm³/mol. The molecule has 0 radical (unpaired) electrons. The van der Waals surface area contributed by atoms with Gasteiger partial charge in [-0.3, -0.25) is 9.88 Å². The van der Waals surface area contributed by atoms with Crippen LogP contribution in [0.15, 0.2) is 73.4 Å². The van der Waals surface area contributed by atoms with Crippen LogP contribution < -0.4 is 5.32 Å². The van der Waals surface area contributed by atoms with Gasteiger partial charge in [0.25, 0.3) is 0 Å². The van der Waals surface area contributed by atoms with Gasteiger partial charge in [-0.1, -0.05) is 42.5 Å². The second kappa shape index (κ2) is 11.0. The van der Waals surface area contributed by atoms with Gasteiger partial charge in [0.05, 0.1) is 35.9 Å². The molecule has 2 aromatic carbocycles. The Bertz CT molecular complexity index is 1260. The number of hydrogen-bond acceptors (Lipinski definition) is 5. The number of para-hydroxylation sites is 2. The molecule has 0 aliphatic heterocycles. The number of nitrogens with zero attached hydrogens (tertiary/aromatic N) is 3. The van der Waals surface area contributed by atoms with E-state index in [0.717, 1.165) is 61.3 Å². The largest absolute Gasteiger partial charge is 0.392 e. The lowest BCUT2D eigenvalue weighted by Crippen LogP contribution is -2.32. The zero-order valence-electron chi connectivity index (χ0n) is 20.1. The van der Waals surface area contributed by atoms with E-state index in [2.05, 4.69) is 46.0 Å². The maximum Gasteiger partial charge on any atom is 0.121 e. The van der Waals surface area contributed by atoms with Gasteiger partial charge in [-0.05, 0) is 59.7 Å². The van der Waals surface area contributed by atoms with Crippen LogP contribution in [-0.2, 0) is 32.7 Å². The number of fused-ring (bicyclic) bond motifs is 2. The van der Waals surface area contributed by atoms with Crippen molar-refractivity contribution in [1.82, 2.24) is 25.2 Å². The van der Waals surface area contributed by atoms with Gasteiger partial charge in [0.1, 0.15) is 5.82 Å². The zero-order valence-corrected chi connectivity index (χ0v) is 20.1. The second-order valence-electron chi connectivity index (χ2n) is 9.24. The minimum atomic E-state index is 0.0390. The van der Waals surface area contributed by atoms with Crippen LogP contribution in [-0.4, -0.2) is 31.5 Å². The summed E-state index contributed by atoms with van der Waals surface area (Å²) in [5.74, 6) is 0.965. The van der Waals surface area contributed by atoms with Crippen molar-refractivity contribution in [3.05, 3.63) is 107 Å². The molecule has 1 unspecified atom stereocenters. The molecule has 2 heterocycles. The summed E-state index contributed by atoms with van der Waals surface area (Å²) in [5.41, 5.74) is 7.97. The number of aromatic nitrogens is 3. The Kier molecular flexibility index (Phi) is 7.33. The first kappa shape index (κ1) is 23.4. The Labute approximate surface area is 206 Å². The molecule has 1 aliphatic rings. The molecule has 6 heteroatoms. The number of imidazole rings is 1. The molecule has 0 fully saturated rings. The van der Waals surface area contributed by atoms with E-state index in [9.17, 15) is 5.11 Å². The summed E-state index contributed by atoms with van der Waals surface area (Å²) in [6.45, 7) is 6.80. The quantitative estimate of drug-likeness (QED) is 0.231. The highest BCUT2D eigenvalue weighted by Crippen LogP contribution is 2.35. The Balaban J connectivity index is 1.50.